The molecule has 1 heterocycles. The molecule has 0 aliphatic carbocycles. The van der Waals surface area contributed by atoms with Gasteiger partial charge in [-0.05, 0) is 25.1 Å². The third-order valence-electron chi connectivity index (χ3n) is 2.28. The van der Waals surface area contributed by atoms with Crippen LogP contribution in [-0.2, 0) is 10.0 Å². The minimum absolute atomic E-state index is 0.285. The molecule has 0 saturated heterocycles. The van der Waals surface area contributed by atoms with Crippen LogP contribution in [0.1, 0.15) is 16.1 Å². The van der Waals surface area contributed by atoms with E-state index in [0.717, 1.165) is 22.9 Å². The lowest BCUT2D eigenvalue weighted by molar-refractivity contribution is 0.0982. The lowest BCUT2D eigenvalue weighted by Gasteiger charge is -2.02. The molecule has 1 amide bonds. The van der Waals surface area contributed by atoms with Crippen LogP contribution in [0.15, 0.2) is 18.2 Å². The summed E-state index contributed by atoms with van der Waals surface area (Å²) >= 11 is 0. The van der Waals surface area contributed by atoms with E-state index in [1.165, 1.54) is 6.07 Å². The molecule has 2 rings (SSSR count). The van der Waals surface area contributed by atoms with E-state index < -0.39 is 15.9 Å². The number of carbonyl (C=O) groups excluding carboxylic acids is 1. The van der Waals surface area contributed by atoms with E-state index >= 15 is 0 Å². The smallest absolute Gasteiger partial charge is 0.264 e. The molecule has 1 aromatic carbocycles. The molecule has 90 valence electrons. The summed E-state index contributed by atoms with van der Waals surface area (Å²) in [5, 5.41) is 7.61. The van der Waals surface area contributed by atoms with Crippen molar-refractivity contribution in [1.82, 2.24) is 14.9 Å². The average molecular weight is 253 g/mol. The van der Waals surface area contributed by atoms with Gasteiger partial charge >= 0.3 is 0 Å². The summed E-state index contributed by atoms with van der Waals surface area (Å²) in [5.74, 6) is -0.644. The van der Waals surface area contributed by atoms with Gasteiger partial charge in [-0.15, -0.1) is 0 Å². The Morgan fingerprint density at radius 1 is 1.41 bits per heavy atom. The van der Waals surface area contributed by atoms with Gasteiger partial charge in [0.15, 0.2) is 0 Å². The van der Waals surface area contributed by atoms with Crippen molar-refractivity contribution in [2.45, 2.75) is 6.92 Å². The Hall–Kier alpha value is -1.89. The van der Waals surface area contributed by atoms with Gasteiger partial charge in [0.05, 0.1) is 11.8 Å². The van der Waals surface area contributed by atoms with E-state index in [1.807, 2.05) is 11.6 Å². The van der Waals surface area contributed by atoms with Crippen molar-refractivity contribution in [3.8, 4) is 0 Å². The van der Waals surface area contributed by atoms with Crippen LogP contribution in [0.3, 0.4) is 0 Å². The molecule has 0 bridgehead atoms. The Balaban J connectivity index is 2.42. The second kappa shape index (κ2) is 3.85. The first-order chi connectivity index (χ1) is 7.87. The van der Waals surface area contributed by atoms with Gasteiger partial charge in [-0.3, -0.25) is 9.89 Å². The second-order valence-electron chi connectivity index (χ2n) is 3.78. The van der Waals surface area contributed by atoms with Gasteiger partial charge in [0.25, 0.3) is 5.91 Å². The second-order valence-corrected chi connectivity index (χ2v) is 5.53. The number of nitrogens with one attached hydrogen (secondary N) is 2. The first kappa shape index (κ1) is 11.6. The molecule has 1 aromatic heterocycles. The minimum atomic E-state index is -3.54. The first-order valence-corrected chi connectivity index (χ1v) is 6.73. The standard InChI is InChI=1S/C10H11N3O3S/c1-6-8-5-7(3-4-9(8)12-11-6)10(14)13-17(2,15)16/h3-5H,1-2H3,(H,11,12)(H,13,14). The highest BCUT2D eigenvalue weighted by Gasteiger charge is 2.12. The largest absolute Gasteiger partial charge is 0.282 e. The van der Waals surface area contributed by atoms with Gasteiger partial charge in [-0.25, -0.2) is 13.1 Å². The fourth-order valence-electron chi connectivity index (χ4n) is 1.51. The van der Waals surface area contributed by atoms with Crippen molar-refractivity contribution in [2.75, 3.05) is 6.26 Å². The number of hydrogen-bond acceptors (Lipinski definition) is 4. The van der Waals surface area contributed by atoms with Crippen molar-refractivity contribution < 1.29 is 13.2 Å². The molecule has 7 heteroatoms. The molecule has 0 aliphatic rings. The molecule has 6 nitrogen and oxygen atoms in total. The van der Waals surface area contributed by atoms with Gasteiger partial charge < -0.3 is 0 Å². The maximum Gasteiger partial charge on any atom is 0.264 e. The van der Waals surface area contributed by atoms with Crippen LogP contribution in [0.4, 0.5) is 0 Å². The maximum atomic E-state index is 11.6. The molecule has 0 saturated carbocycles. The molecule has 0 fully saturated rings. The Morgan fingerprint density at radius 2 is 2.12 bits per heavy atom. The molecule has 0 atom stereocenters. The van der Waals surface area contributed by atoms with Crippen molar-refractivity contribution >= 4 is 26.8 Å². The third kappa shape index (κ3) is 2.44. The zero-order valence-electron chi connectivity index (χ0n) is 9.31. The van der Waals surface area contributed by atoms with E-state index in [2.05, 4.69) is 10.2 Å². The Labute approximate surface area is 98.1 Å². The molecule has 0 unspecified atom stereocenters. The molecule has 0 radical (unpaired) electrons. The van der Waals surface area contributed by atoms with Crippen molar-refractivity contribution in [3.05, 3.63) is 29.5 Å². The van der Waals surface area contributed by atoms with Crippen molar-refractivity contribution in [1.29, 1.82) is 0 Å². The number of hydrogen-bond donors (Lipinski definition) is 2. The number of aryl methyl sites for hydroxylation is 1. The number of fused-ring (bicyclic) bond motifs is 1. The zero-order chi connectivity index (χ0) is 12.6. The van der Waals surface area contributed by atoms with E-state index in [1.54, 1.807) is 12.1 Å². The van der Waals surface area contributed by atoms with Crippen LogP contribution in [0.5, 0.6) is 0 Å². The maximum absolute atomic E-state index is 11.6. The quantitative estimate of drug-likeness (QED) is 0.818. The van der Waals surface area contributed by atoms with Gasteiger partial charge in [0.1, 0.15) is 0 Å². The Kier molecular flexibility index (Phi) is 2.62. The average Bonchev–Trinajstić information content (AvgIpc) is 2.57. The molecule has 2 N–H and O–H groups in total. The number of benzene rings is 1. The number of sulfonamides is 1. The highest BCUT2D eigenvalue weighted by Crippen LogP contribution is 2.16. The van der Waals surface area contributed by atoms with Crippen LogP contribution in [-0.4, -0.2) is 30.8 Å². The minimum Gasteiger partial charge on any atom is -0.282 e. The molecule has 2 aromatic rings. The lowest BCUT2D eigenvalue weighted by Crippen LogP contribution is -2.29. The zero-order valence-corrected chi connectivity index (χ0v) is 10.1. The van der Waals surface area contributed by atoms with Gasteiger partial charge in [0.2, 0.25) is 10.0 Å². The predicted octanol–water partition coefficient (Wildman–Crippen LogP) is 0.561. The molecule has 0 spiro atoms. The molecule has 17 heavy (non-hydrogen) atoms. The van der Waals surface area contributed by atoms with Crippen LogP contribution in [0.2, 0.25) is 0 Å². The van der Waals surface area contributed by atoms with Crippen molar-refractivity contribution in [3.63, 3.8) is 0 Å². The monoisotopic (exact) mass is 253 g/mol. The molecular weight excluding hydrogens is 242 g/mol. The van der Waals surface area contributed by atoms with Crippen LogP contribution >= 0.6 is 0 Å². The lowest BCUT2D eigenvalue weighted by atomic mass is 10.1. The van der Waals surface area contributed by atoms with E-state index in [-0.39, 0.29) is 5.56 Å². The highest BCUT2D eigenvalue weighted by atomic mass is 32.2. The first-order valence-electron chi connectivity index (χ1n) is 4.84. The van der Waals surface area contributed by atoms with E-state index in [9.17, 15) is 13.2 Å². The summed E-state index contributed by atoms with van der Waals surface area (Å²) in [6.07, 6.45) is 0.937. The number of nitrogens with zero attached hydrogens (tertiary/aromatic N) is 1. The summed E-state index contributed by atoms with van der Waals surface area (Å²) in [7, 11) is -3.54. The highest BCUT2D eigenvalue weighted by molar-refractivity contribution is 7.89. The molecular formula is C10H11N3O3S. The number of amides is 1. The summed E-state index contributed by atoms with van der Waals surface area (Å²) in [6.45, 7) is 1.83. The number of rotatable bonds is 2. The number of H-pyrrole nitrogens is 1. The summed E-state index contributed by atoms with van der Waals surface area (Å²) in [6, 6.07) is 4.80. The van der Waals surface area contributed by atoms with Crippen LogP contribution < -0.4 is 4.72 Å². The van der Waals surface area contributed by atoms with Gasteiger partial charge in [-0.1, -0.05) is 0 Å². The van der Waals surface area contributed by atoms with Gasteiger partial charge in [-0.2, -0.15) is 5.10 Å². The van der Waals surface area contributed by atoms with Gasteiger partial charge in [0, 0.05) is 16.6 Å². The van der Waals surface area contributed by atoms with E-state index in [4.69, 9.17) is 0 Å². The van der Waals surface area contributed by atoms with E-state index in [0.29, 0.717) is 0 Å². The third-order valence-corrected chi connectivity index (χ3v) is 2.84. The fourth-order valence-corrected chi connectivity index (χ4v) is 1.96. The summed E-state index contributed by atoms with van der Waals surface area (Å²) < 4.78 is 23.8. The van der Waals surface area contributed by atoms with Crippen LogP contribution in [0, 0.1) is 6.92 Å². The topological polar surface area (TPSA) is 91.9 Å². The Morgan fingerprint density at radius 3 is 2.76 bits per heavy atom. The number of aromatic nitrogens is 2. The van der Waals surface area contributed by atoms with Crippen LogP contribution in [0.25, 0.3) is 10.9 Å². The van der Waals surface area contributed by atoms with Crippen molar-refractivity contribution in [2.24, 2.45) is 0 Å². The summed E-state index contributed by atoms with van der Waals surface area (Å²) in [5.41, 5.74) is 1.85. The normalized spacial score (nSPS) is 11.6. The number of carbonyl (C=O) groups is 1. The predicted molar refractivity (Wildman–Crippen MR) is 63.1 cm³/mol. The fraction of sp³-hybridized carbons (Fsp3) is 0.200. The summed E-state index contributed by atoms with van der Waals surface area (Å²) in [4.78, 5) is 11.6. The SMILES string of the molecule is Cc1[nH]nc2ccc(C(=O)NS(C)(=O)=O)cc12. The molecule has 0 aliphatic heterocycles. The Bertz CT molecular complexity index is 688. The number of aromatic amines is 1.